The molecule has 0 saturated carbocycles. The Labute approximate surface area is 163 Å². The largest absolute Gasteiger partial charge is 0.496 e. The molecule has 0 radical (unpaired) electrons. The van der Waals surface area contributed by atoms with Crippen LogP contribution in [-0.4, -0.2) is 32.2 Å². The Kier molecular flexibility index (Phi) is 4.86. The highest BCUT2D eigenvalue weighted by Gasteiger charge is 2.24. The number of ether oxygens (including phenoxy) is 3. The van der Waals surface area contributed by atoms with Gasteiger partial charge in [-0.2, -0.15) is 0 Å². The van der Waals surface area contributed by atoms with Crippen LogP contribution in [0, 0.1) is 0 Å². The van der Waals surface area contributed by atoms with E-state index in [0.717, 1.165) is 24.6 Å². The lowest BCUT2D eigenvalue weighted by Gasteiger charge is -2.26. The van der Waals surface area contributed by atoms with Gasteiger partial charge in [0.25, 0.3) is 5.91 Å². The second-order valence-corrected chi connectivity index (χ2v) is 6.90. The van der Waals surface area contributed by atoms with Gasteiger partial charge in [-0.1, -0.05) is 24.3 Å². The van der Waals surface area contributed by atoms with Crippen molar-refractivity contribution in [3.8, 4) is 17.2 Å². The van der Waals surface area contributed by atoms with E-state index in [0.29, 0.717) is 28.5 Å². The van der Waals surface area contributed by atoms with E-state index in [-0.39, 0.29) is 11.9 Å². The van der Waals surface area contributed by atoms with E-state index in [4.69, 9.17) is 14.2 Å². The fourth-order valence-corrected chi connectivity index (χ4v) is 4.00. The summed E-state index contributed by atoms with van der Waals surface area (Å²) in [7, 11) is 4.73. The van der Waals surface area contributed by atoms with E-state index in [2.05, 4.69) is 22.4 Å². The summed E-state index contributed by atoms with van der Waals surface area (Å²) in [5, 5.41) is 3.95. The third kappa shape index (κ3) is 3.05. The molecule has 6 nitrogen and oxygen atoms in total. The Morgan fingerprint density at radius 1 is 1.07 bits per heavy atom. The lowest BCUT2D eigenvalue weighted by molar-refractivity contribution is 0.0928. The van der Waals surface area contributed by atoms with Crippen LogP contribution >= 0.6 is 0 Å². The molecule has 1 amide bonds. The second-order valence-electron chi connectivity index (χ2n) is 6.90. The maximum absolute atomic E-state index is 13.0. The molecule has 146 valence electrons. The minimum absolute atomic E-state index is 0.0159. The number of carbonyl (C=O) groups is 1. The summed E-state index contributed by atoms with van der Waals surface area (Å²) in [5.74, 6) is 1.55. The van der Waals surface area contributed by atoms with Gasteiger partial charge in [-0.25, -0.2) is 0 Å². The average molecular weight is 380 g/mol. The Hall–Kier alpha value is -3.15. The molecule has 0 spiro atoms. The van der Waals surface area contributed by atoms with Crippen LogP contribution in [0.4, 0.5) is 0 Å². The SMILES string of the molecule is COc1cc(OC)c2cc(C(=O)NC3CCCc4ccccc43)[nH]c2c1OC. The first-order valence-corrected chi connectivity index (χ1v) is 9.36. The van der Waals surface area contributed by atoms with E-state index in [1.165, 1.54) is 11.1 Å². The van der Waals surface area contributed by atoms with E-state index >= 15 is 0 Å². The number of fused-ring (bicyclic) bond motifs is 2. The molecule has 0 fully saturated rings. The van der Waals surface area contributed by atoms with Gasteiger partial charge >= 0.3 is 0 Å². The molecule has 4 rings (SSSR count). The molecule has 0 aliphatic heterocycles. The zero-order valence-electron chi connectivity index (χ0n) is 16.3. The van der Waals surface area contributed by atoms with Gasteiger partial charge in [-0.3, -0.25) is 4.79 Å². The zero-order chi connectivity index (χ0) is 19.7. The standard InChI is InChI=1S/C22H24N2O4/c1-26-18-12-19(27-2)21(28-3)20-15(18)11-17(23-20)22(25)24-16-10-6-8-13-7-4-5-9-14(13)16/h4-5,7,9,11-12,16,23H,6,8,10H2,1-3H3,(H,24,25). The van der Waals surface area contributed by atoms with Crippen LogP contribution in [-0.2, 0) is 6.42 Å². The molecule has 2 N–H and O–H groups in total. The number of rotatable bonds is 5. The maximum atomic E-state index is 13.0. The van der Waals surface area contributed by atoms with Gasteiger partial charge < -0.3 is 24.5 Å². The van der Waals surface area contributed by atoms with Crippen molar-refractivity contribution in [1.82, 2.24) is 10.3 Å². The van der Waals surface area contributed by atoms with Crippen LogP contribution < -0.4 is 19.5 Å². The summed E-state index contributed by atoms with van der Waals surface area (Å²) < 4.78 is 16.4. The molecule has 1 heterocycles. The van der Waals surface area contributed by atoms with Gasteiger partial charge in [-0.05, 0) is 36.5 Å². The molecule has 28 heavy (non-hydrogen) atoms. The van der Waals surface area contributed by atoms with Crippen molar-refractivity contribution in [2.45, 2.75) is 25.3 Å². The van der Waals surface area contributed by atoms with Gasteiger partial charge in [0.2, 0.25) is 0 Å². The van der Waals surface area contributed by atoms with E-state index in [1.54, 1.807) is 33.5 Å². The number of benzene rings is 2. The zero-order valence-corrected chi connectivity index (χ0v) is 16.3. The average Bonchev–Trinajstić information content (AvgIpc) is 3.18. The van der Waals surface area contributed by atoms with Crippen LogP contribution in [0.5, 0.6) is 17.2 Å². The number of aromatic amines is 1. The van der Waals surface area contributed by atoms with Gasteiger partial charge in [0, 0.05) is 11.5 Å². The number of methoxy groups -OCH3 is 3. The normalized spacial score (nSPS) is 15.8. The quantitative estimate of drug-likeness (QED) is 0.702. The minimum Gasteiger partial charge on any atom is -0.496 e. The summed E-state index contributed by atoms with van der Waals surface area (Å²) in [5.41, 5.74) is 3.65. The van der Waals surface area contributed by atoms with Crippen molar-refractivity contribution in [1.29, 1.82) is 0 Å². The summed E-state index contributed by atoms with van der Waals surface area (Å²) in [6.07, 6.45) is 3.06. The molecule has 0 saturated heterocycles. The van der Waals surface area contributed by atoms with Crippen molar-refractivity contribution in [2.75, 3.05) is 21.3 Å². The summed E-state index contributed by atoms with van der Waals surface area (Å²) in [6, 6.07) is 11.9. The molecule has 3 aromatic rings. The van der Waals surface area contributed by atoms with Gasteiger partial charge in [0.15, 0.2) is 11.5 Å². The lowest BCUT2D eigenvalue weighted by Crippen LogP contribution is -2.31. The van der Waals surface area contributed by atoms with Crippen molar-refractivity contribution in [3.05, 3.63) is 53.2 Å². The lowest BCUT2D eigenvalue weighted by atomic mass is 9.88. The molecule has 1 atom stereocenters. The number of nitrogens with one attached hydrogen (secondary N) is 2. The van der Waals surface area contributed by atoms with Crippen molar-refractivity contribution >= 4 is 16.8 Å². The molecule has 1 unspecified atom stereocenters. The molecule has 2 aromatic carbocycles. The maximum Gasteiger partial charge on any atom is 0.268 e. The number of aryl methyl sites for hydroxylation is 1. The Bertz CT molecular complexity index is 1020. The third-order valence-corrected chi connectivity index (χ3v) is 5.36. The topological polar surface area (TPSA) is 72.6 Å². The first-order chi connectivity index (χ1) is 13.7. The summed E-state index contributed by atoms with van der Waals surface area (Å²) >= 11 is 0. The fourth-order valence-electron chi connectivity index (χ4n) is 4.00. The fraction of sp³-hybridized carbons (Fsp3) is 0.318. The highest BCUT2D eigenvalue weighted by Crippen LogP contribution is 2.41. The minimum atomic E-state index is -0.152. The number of aromatic nitrogens is 1. The third-order valence-electron chi connectivity index (χ3n) is 5.36. The van der Waals surface area contributed by atoms with Gasteiger partial charge in [-0.15, -0.1) is 0 Å². The van der Waals surface area contributed by atoms with Crippen LogP contribution in [0.3, 0.4) is 0 Å². The van der Waals surface area contributed by atoms with E-state index in [1.807, 2.05) is 12.1 Å². The van der Waals surface area contributed by atoms with Crippen LogP contribution in [0.1, 0.15) is 40.5 Å². The number of H-pyrrole nitrogens is 1. The van der Waals surface area contributed by atoms with Gasteiger partial charge in [0.1, 0.15) is 11.4 Å². The predicted molar refractivity (Wildman–Crippen MR) is 108 cm³/mol. The molecular formula is C22H24N2O4. The Morgan fingerprint density at radius 2 is 1.86 bits per heavy atom. The Balaban J connectivity index is 1.69. The van der Waals surface area contributed by atoms with Crippen LogP contribution in [0.25, 0.3) is 10.9 Å². The van der Waals surface area contributed by atoms with Gasteiger partial charge in [0.05, 0.1) is 32.9 Å². The number of hydrogen-bond donors (Lipinski definition) is 2. The first-order valence-electron chi connectivity index (χ1n) is 9.36. The summed E-state index contributed by atoms with van der Waals surface area (Å²) in [4.78, 5) is 16.2. The molecule has 1 aromatic heterocycles. The smallest absolute Gasteiger partial charge is 0.268 e. The van der Waals surface area contributed by atoms with E-state index in [9.17, 15) is 4.79 Å². The molecule has 1 aliphatic carbocycles. The second kappa shape index (κ2) is 7.46. The van der Waals surface area contributed by atoms with Crippen molar-refractivity contribution in [3.63, 3.8) is 0 Å². The first kappa shape index (κ1) is 18.2. The Morgan fingerprint density at radius 3 is 2.61 bits per heavy atom. The van der Waals surface area contributed by atoms with Crippen LogP contribution in [0.2, 0.25) is 0 Å². The summed E-state index contributed by atoms with van der Waals surface area (Å²) in [6.45, 7) is 0. The van der Waals surface area contributed by atoms with Crippen molar-refractivity contribution < 1.29 is 19.0 Å². The highest BCUT2D eigenvalue weighted by atomic mass is 16.5. The number of carbonyl (C=O) groups excluding carboxylic acids is 1. The monoisotopic (exact) mass is 380 g/mol. The van der Waals surface area contributed by atoms with Crippen molar-refractivity contribution in [2.24, 2.45) is 0 Å². The van der Waals surface area contributed by atoms with Crippen LogP contribution in [0.15, 0.2) is 36.4 Å². The molecular weight excluding hydrogens is 356 g/mol. The molecule has 1 aliphatic rings. The molecule has 6 heteroatoms. The number of amides is 1. The molecule has 0 bridgehead atoms. The highest BCUT2D eigenvalue weighted by molar-refractivity contribution is 6.02. The predicted octanol–water partition coefficient (Wildman–Crippen LogP) is 4.00. The number of hydrogen-bond acceptors (Lipinski definition) is 4. The van der Waals surface area contributed by atoms with E-state index < -0.39 is 0 Å².